The van der Waals surface area contributed by atoms with E-state index in [1.165, 1.54) is 0 Å². The van der Waals surface area contributed by atoms with E-state index in [-0.39, 0.29) is 24.3 Å². The Kier molecular flexibility index (Phi) is 9.25. The van der Waals surface area contributed by atoms with Crippen LogP contribution in [0.5, 0.6) is 0 Å². The third-order valence-corrected chi connectivity index (χ3v) is 8.55. The Morgan fingerprint density at radius 2 is 0.885 bits per heavy atom. The van der Waals surface area contributed by atoms with Crippen LogP contribution in [-0.2, 0) is 0 Å². The molecule has 0 amide bonds. The summed E-state index contributed by atoms with van der Waals surface area (Å²) in [5.41, 5.74) is 11.4. The van der Waals surface area contributed by atoms with E-state index in [0.717, 1.165) is 63.2 Å². The minimum atomic E-state index is -0.209. The van der Waals surface area contributed by atoms with Gasteiger partial charge < -0.3 is 21.0 Å². The maximum atomic E-state index is 7.15. The van der Waals surface area contributed by atoms with Crippen LogP contribution in [0.15, 0.2) is 97.1 Å². The molecule has 8 N–H and O–H groups in total. The van der Waals surface area contributed by atoms with Crippen molar-refractivity contribution in [3.63, 3.8) is 0 Å². The summed E-state index contributed by atoms with van der Waals surface area (Å²) in [7, 11) is 0. The standard InChI is InChI=1S/C32H18N8.C6H15N5.ClH/c1-2-10-18-17(9-1)25-33-26(18)38-28-21-13-5-6-14-22(21)30(35-28)40-32-24-16-8-7-15-23(24)31(36-32)39-29-20-12-4-3-11-19(20)27(34-29)37-25;1-2-3-4-10-6(9)11-5(7)8;/h1-16H,(H2,33,34,35,36,37,38,39,40);2-4H2,1H3,(H6,7,8,9,10,11);1H. The Morgan fingerprint density at radius 1 is 0.558 bits per heavy atom. The van der Waals surface area contributed by atoms with Crippen molar-refractivity contribution in [1.82, 2.24) is 50.5 Å². The molecule has 4 aromatic carbocycles. The maximum absolute atomic E-state index is 7.15. The molecule has 7 aromatic rings. The zero-order valence-electron chi connectivity index (χ0n) is 28.0. The van der Waals surface area contributed by atoms with Gasteiger partial charge in [0.15, 0.2) is 35.2 Å². The minimum absolute atomic E-state index is 0. The predicted octanol–water partition coefficient (Wildman–Crippen LogP) is 7.08. The summed E-state index contributed by atoms with van der Waals surface area (Å²) in [6.45, 7) is 2.82. The maximum Gasteiger partial charge on any atom is 0.195 e. The highest BCUT2D eigenvalue weighted by molar-refractivity contribution is 6.06. The number of guanidine groups is 2. The lowest BCUT2D eigenvalue weighted by Crippen LogP contribution is -2.43. The van der Waals surface area contributed by atoms with Gasteiger partial charge in [-0.05, 0) is 6.42 Å². The highest BCUT2D eigenvalue weighted by Crippen LogP contribution is 2.36. The second kappa shape index (κ2) is 14.2. The lowest BCUT2D eigenvalue weighted by Gasteiger charge is -2.06. The molecule has 52 heavy (non-hydrogen) atoms. The fourth-order valence-corrected chi connectivity index (χ4v) is 6.16. The summed E-state index contributed by atoms with van der Waals surface area (Å²) >= 11 is 0. The van der Waals surface area contributed by atoms with Crippen LogP contribution in [0.4, 0.5) is 0 Å². The molecule has 14 heteroatoms. The topological polar surface area (TPSA) is 207 Å². The Morgan fingerprint density at radius 3 is 1.19 bits per heavy atom. The number of nitrogens with two attached hydrogens (primary N) is 1. The molecule has 3 aromatic heterocycles. The molecule has 5 heterocycles. The summed E-state index contributed by atoms with van der Waals surface area (Å²) < 4.78 is 0. The van der Waals surface area contributed by atoms with Gasteiger partial charge in [-0.3, -0.25) is 16.1 Å². The van der Waals surface area contributed by atoms with E-state index in [1.807, 2.05) is 97.1 Å². The van der Waals surface area contributed by atoms with Gasteiger partial charge in [-0.15, -0.1) is 12.4 Å². The van der Waals surface area contributed by atoms with Crippen LogP contribution < -0.4 is 16.4 Å². The zero-order chi connectivity index (χ0) is 34.9. The second-order valence-corrected chi connectivity index (χ2v) is 12.0. The molecule has 8 bridgehead atoms. The van der Waals surface area contributed by atoms with Crippen molar-refractivity contribution in [3.8, 4) is 45.6 Å². The number of benzene rings is 4. The number of aromatic amines is 2. The summed E-state index contributed by atoms with van der Waals surface area (Å²) in [5.74, 6) is 2.27. The van der Waals surface area contributed by atoms with Crippen molar-refractivity contribution < 1.29 is 0 Å². The molecule has 258 valence electrons. The number of nitrogens with one attached hydrogen (secondary N) is 6. The van der Waals surface area contributed by atoms with Crippen molar-refractivity contribution in [2.24, 2.45) is 5.73 Å². The van der Waals surface area contributed by atoms with E-state index in [4.69, 9.17) is 46.5 Å². The highest BCUT2D eigenvalue weighted by Gasteiger charge is 2.21. The number of nitrogens with zero attached hydrogens (tertiary/aromatic N) is 6. The number of fused-ring (bicyclic) bond motifs is 20. The van der Waals surface area contributed by atoms with Gasteiger partial charge in [0.1, 0.15) is 22.6 Å². The summed E-state index contributed by atoms with van der Waals surface area (Å²) in [4.78, 5) is 36.8. The van der Waals surface area contributed by atoms with Crippen molar-refractivity contribution in [3.05, 3.63) is 97.1 Å². The molecule has 0 radical (unpaired) electrons. The average molecular weight is 708 g/mol. The first-order valence-corrected chi connectivity index (χ1v) is 16.6. The number of H-pyrrole nitrogens is 2. The lowest BCUT2D eigenvalue weighted by molar-refractivity contribution is 0.744. The number of hydrogen-bond donors (Lipinski definition) is 7. The lowest BCUT2D eigenvalue weighted by atomic mass is 10.1. The average Bonchev–Trinajstić information content (AvgIpc) is 3.88. The van der Waals surface area contributed by atoms with Gasteiger partial charge in [0.2, 0.25) is 0 Å². The molecule has 9 rings (SSSR count). The van der Waals surface area contributed by atoms with Crippen molar-refractivity contribution in [2.75, 3.05) is 6.54 Å². The van der Waals surface area contributed by atoms with Gasteiger partial charge in [0.05, 0.1) is 0 Å². The summed E-state index contributed by atoms with van der Waals surface area (Å²) in [6, 6.07) is 32.2. The quantitative estimate of drug-likeness (QED) is 0.0568. The van der Waals surface area contributed by atoms with Crippen LogP contribution in [0.25, 0.3) is 89.7 Å². The van der Waals surface area contributed by atoms with Crippen molar-refractivity contribution in [1.29, 1.82) is 10.8 Å². The molecule has 2 aliphatic heterocycles. The molecule has 2 aliphatic rings. The van der Waals surface area contributed by atoms with Gasteiger partial charge in [-0.2, -0.15) is 0 Å². The molecule has 0 atom stereocenters. The van der Waals surface area contributed by atoms with Gasteiger partial charge in [0.25, 0.3) is 0 Å². The normalized spacial score (nSPS) is 11.1. The summed E-state index contributed by atoms with van der Waals surface area (Å²) in [6.07, 6.45) is 2.10. The molecule has 0 saturated heterocycles. The largest absolute Gasteiger partial charge is 0.370 e. The number of aromatic nitrogens is 8. The van der Waals surface area contributed by atoms with Crippen LogP contribution in [0.3, 0.4) is 0 Å². The smallest absolute Gasteiger partial charge is 0.195 e. The number of unbranched alkanes of at least 4 members (excludes halogenated alkanes) is 1. The molecule has 0 unspecified atom stereocenters. The Hall–Kier alpha value is -6.73. The third kappa shape index (κ3) is 6.36. The number of halogens is 1. The zero-order valence-corrected chi connectivity index (χ0v) is 28.8. The second-order valence-electron chi connectivity index (χ2n) is 12.0. The SMILES string of the molecule is CCCCNC(=N)NC(=N)N.Cl.c1ccc2c(c1)-c1nc-2nc2[nH]c(nc3nc(nc4[nH]c(n1)c1ccccc41)-c1ccccc1-3)c1ccccc21. The van der Waals surface area contributed by atoms with Crippen LogP contribution in [0, 0.1) is 10.8 Å². The Bertz CT molecular complexity index is 2340. The predicted molar refractivity (Wildman–Crippen MR) is 209 cm³/mol. The molecular weight excluding hydrogens is 674 g/mol. The Labute approximate surface area is 303 Å². The van der Waals surface area contributed by atoms with Crippen LogP contribution in [-0.4, -0.2) is 58.3 Å². The van der Waals surface area contributed by atoms with E-state index in [9.17, 15) is 0 Å². The van der Waals surface area contributed by atoms with Gasteiger partial charge in [-0.25, -0.2) is 29.9 Å². The molecule has 13 nitrogen and oxygen atoms in total. The molecule has 0 fully saturated rings. The first kappa shape index (κ1) is 33.8. The Balaban J connectivity index is 0.000000308. The van der Waals surface area contributed by atoms with Gasteiger partial charge >= 0.3 is 0 Å². The first-order valence-electron chi connectivity index (χ1n) is 16.6. The van der Waals surface area contributed by atoms with Crippen molar-refractivity contribution >= 4 is 68.5 Å². The van der Waals surface area contributed by atoms with E-state index in [0.29, 0.717) is 45.9 Å². The van der Waals surface area contributed by atoms with Crippen LogP contribution in [0.1, 0.15) is 19.8 Å². The van der Waals surface area contributed by atoms with E-state index >= 15 is 0 Å². The fraction of sp³-hybridized carbons (Fsp3) is 0.105. The number of hydrogen-bond acceptors (Lipinski definition) is 8. The monoisotopic (exact) mass is 707 g/mol. The van der Waals surface area contributed by atoms with Crippen molar-refractivity contribution in [2.45, 2.75) is 19.8 Å². The van der Waals surface area contributed by atoms with Gasteiger partial charge in [0, 0.05) is 50.3 Å². The van der Waals surface area contributed by atoms with E-state index in [2.05, 4.69) is 27.5 Å². The van der Waals surface area contributed by atoms with Crippen LogP contribution in [0.2, 0.25) is 0 Å². The van der Waals surface area contributed by atoms with E-state index in [1.54, 1.807) is 0 Å². The molecular formula is C38H34ClN13. The minimum Gasteiger partial charge on any atom is -0.370 e. The first-order chi connectivity index (χ1) is 25.0. The molecule has 0 aliphatic carbocycles. The molecule has 0 saturated carbocycles. The van der Waals surface area contributed by atoms with Crippen LogP contribution >= 0.6 is 12.4 Å². The van der Waals surface area contributed by atoms with Gasteiger partial charge in [-0.1, -0.05) is 110 Å². The highest BCUT2D eigenvalue weighted by atomic mass is 35.5. The molecule has 0 spiro atoms. The third-order valence-electron chi connectivity index (χ3n) is 8.55. The summed E-state index contributed by atoms with van der Waals surface area (Å²) in [5, 5.41) is 22.9. The van der Waals surface area contributed by atoms with E-state index < -0.39 is 0 Å². The fourth-order valence-electron chi connectivity index (χ4n) is 6.16. The number of rotatable bonds is 3.